The third-order valence-corrected chi connectivity index (χ3v) is 3.08. The molecule has 0 unspecified atom stereocenters. The van der Waals surface area contributed by atoms with Gasteiger partial charge in [0.15, 0.2) is 0 Å². The average Bonchev–Trinajstić information content (AvgIpc) is 2.93. The van der Waals surface area contributed by atoms with Gasteiger partial charge in [-0.2, -0.15) is 0 Å². The molecule has 114 valence electrons. The number of esters is 2. The van der Waals surface area contributed by atoms with Gasteiger partial charge in [-0.1, -0.05) is 36.4 Å². The molecule has 0 amide bonds. The predicted octanol–water partition coefficient (Wildman–Crippen LogP) is 3.55. The monoisotopic (exact) mass is 300 g/mol. The van der Waals surface area contributed by atoms with Crippen LogP contribution in [0.3, 0.4) is 0 Å². The molecular weight excluding hydrogens is 284 g/mol. The molecule has 0 atom stereocenters. The van der Waals surface area contributed by atoms with E-state index in [1.54, 1.807) is 12.2 Å². The Morgan fingerprint density at radius 3 is 2.23 bits per heavy atom. The molecule has 1 aromatic heterocycles. The molecule has 0 radical (unpaired) electrons. The van der Waals surface area contributed by atoms with E-state index in [2.05, 4.69) is 4.74 Å². The zero-order valence-electron chi connectivity index (χ0n) is 12.6. The fourth-order valence-corrected chi connectivity index (χ4v) is 2.14. The van der Waals surface area contributed by atoms with Crippen molar-refractivity contribution >= 4 is 18.0 Å². The van der Waals surface area contributed by atoms with Crippen molar-refractivity contribution in [2.75, 3.05) is 14.2 Å². The van der Waals surface area contributed by atoms with Crippen molar-refractivity contribution in [3.8, 4) is 11.1 Å². The Morgan fingerprint density at radius 2 is 1.68 bits per heavy atom. The first-order chi connectivity index (χ1) is 10.6. The molecule has 5 nitrogen and oxygen atoms in total. The lowest BCUT2D eigenvalue weighted by atomic mass is 9.99. The van der Waals surface area contributed by atoms with E-state index in [4.69, 9.17) is 9.15 Å². The maximum Gasteiger partial charge on any atom is 0.374 e. The van der Waals surface area contributed by atoms with Gasteiger partial charge in [-0.15, -0.1) is 0 Å². The summed E-state index contributed by atoms with van der Waals surface area (Å²) >= 11 is 0. The van der Waals surface area contributed by atoms with Gasteiger partial charge in [0.1, 0.15) is 11.3 Å². The van der Waals surface area contributed by atoms with E-state index in [1.165, 1.54) is 14.2 Å². The zero-order chi connectivity index (χ0) is 16.1. The third kappa shape index (κ3) is 2.79. The van der Waals surface area contributed by atoms with Crippen LogP contribution in [0.1, 0.15) is 33.6 Å². The maximum atomic E-state index is 12.2. The lowest BCUT2D eigenvalue weighted by Gasteiger charge is -2.04. The van der Waals surface area contributed by atoms with Gasteiger partial charge in [0.05, 0.1) is 14.2 Å². The standard InChI is InChI=1S/C17H16O5/c1-4-8-12-13(11-9-6-5-7-10-11)14(16(18)20-2)15(22-12)17(19)21-3/h4-10H,1-3H3/b8-4+. The number of methoxy groups -OCH3 is 2. The summed E-state index contributed by atoms with van der Waals surface area (Å²) in [4.78, 5) is 24.1. The third-order valence-electron chi connectivity index (χ3n) is 3.08. The number of hydrogen-bond acceptors (Lipinski definition) is 5. The Morgan fingerprint density at radius 1 is 1.05 bits per heavy atom. The quantitative estimate of drug-likeness (QED) is 0.808. The summed E-state index contributed by atoms with van der Waals surface area (Å²) in [7, 11) is 2.48. The highest BCUT2D eigenvalue weighted by atomic mass is 16.5. The Hall–Kier alpha value is -2.82. The van der Waals surface area contributed by atoms with Gasteiger partial charge in [0.25, 0.3) is 0 Å². The Balaban J connectivity index is 2.80. The first-order valence-electron chi connectivity index (χ1n) is 6.65. The molecule has 0 fully saturated rings. The van der Waals surface area contributed by atoms with E-state index in [1.807, 2.05) is 37.3 Å². The normalized spacial score (nSPS) is 10.7. The molecule has 1 heterocycles. The van der Waals surface area contributed by atoms with Crippen LogP contribution in [0.15, 0.2) is 40.8 Å². The second-order valence-corrected chi connectivity index (χ2v) is 4.39. The summed E-state index contributed by atoms with van der Waals surface area (Å²) < 4.78 is 15.0. The molecule has 2 aromatic rings. The number of ether oxygens (including phenoxy) is 2. The van der Waals surface area contributed by atoms with E-state index in [9.17, 15) is 9.59 Å². The Labute approximate surface area is 128 Å². The fourth-order valence-electron chi connectivity index (χ4n) is 2.14. The number of carbonyl (C=O) groups excluding carboxylic acids is 2. The smallest absolute Gasteiger partial charge is 0.374 e. The Bertz CT molecular complexity index is 710. The van der Waals surface area contributed by atoms with E-state index >= 15 is 0 Å². The molecule has 5 heteroatoms. The summed E-state index contributed by atoms with van der Waals surface area (Å²) in [5.41, 5.74) is 1.31. The number of hydrogen-bond donors (Lipinski definition) is 0. The van der Waals surface area contributed by atoms with Gasteiger partial charge in [0, 0.05) is 5.56 Å². The van der Waals surface area contributed by atoms with E-state index in [0.29, 0.717) is 11.3 Å². The van der Waals surface area contributed by atoms with Gasteiger partial charge >= 0.3 is 11.9 Å². The number of rotatable bonds is 4. The molecule has 0 aliphatic carbocycles. The van der Waals surface area contributed by atoms with Gasteiger partial charge < -0.3 is 13.9 Å². The van der Waals surface area contributed by atoms with Crippen LogP contribution in [0, 0.1) is 0 Å². The predicted molar refractivity (Wildman–Crippen MR) is 81.5 cm³/mol. The summed E-state index contributed by atoms with van der Waals surface area (Å²) in [5.74, 6) is -1.15. The van der Waals surface area contributed by atoms with Crippen LogP contribution in [-0.2, 0) is 9.47 Å². The number of furan rings is 1. The summed E-state index contributed by atoms with van der Waals surface area (Å²) in [6.07, 6.45) is 3.44. The van der Waals surface area contributed by atoms with Crippen LogP contribution >= 0.6 is 0 Å². The van der Waals surface area contributed by atoms with Crippen molar-refractivity contribution in [2.24, 2.45) is 0 Å². The van der Waals surface area contributed by atoms with Crippen molar-refractivity contribution < 1.29 is 23.5 Å². The van der Waals surface area contributed by atoms with Crippen LogP contribution in [0.25, 0.3) is 17.2 Å². The molecule has 0 aliphatic rings. The molecule has 0 N–H and O–H groups in total. The van der Waals surface area contributed by atoms with Crippen molar-refractivity contribution in [1.82, 2.24) is 0 Å². The lowest BCUT2D eigenvalue weighted by Crippen LogP contribution is -2.10. The zero-order valence-corrected chi connectivity index (χ0v) is 12.6. The van der Waals surface area contributed by atoms with Crippen LogP contribution in [-0.4, -0.2) is 26.2 Å². The van der Waals surface area contributed by atoms with Crippen molar-refractivity contribution in [3.05, 3.63) is 53.5 Å². The largest absolute Gasteiger partial charge is 0.465 e. The minimum absolute atomic E-state index is 0.0636. The molecular formula is C17H16O5. The van der Waals surface area contributed by atoms with Crippen molar-refractivity contribution in [2.45, 2.75) is 6.92 Å². The lowest BCUT2D eigenvalue weighted by molar-refractivity contribution is 0.0528. The van der Waals surface area contributed by atoms with Crippen LogP contribution < -0.4 is 0 Å². The first-order valence-corrected chi connectivity index (χ1v) is 6.65. The summed E-state index contributed by atoms with van der Waals surface area (Å²) in [5, 5.41) is 0. The van der Waals surface area contributed by atoms with Crippen LogP contribution in [0.4, 0.5) is 0 Å². The number of carbonyl (C=O) groups is 2. The van der Waals surface area contributed by atoms with Gasteiger partial charge in [-0.25, -0.2) is 9.59 Å². The van der Waals surface area contributed by atoms with Crippen LogP contribution in [0.5, 0.6) is 0 Å². The minimum Gasteiger partial charge on any atom is -0.465 e. The second kappa shape index (κ2) is 6.76. The SMILES string of the molecule is C/C=C/c1oc(C(=O)OC)c(C(=O)OC)c1-c1ccccc1. The first kappa shape index (κ1) is 15.6. The molecule has 1 aromatic carbocycles. The number of allylic oxidation sites excluding steroid dienone is 1. The second-order valence-electron chi connectivity index (χ2n) is 4.39. The topological polar surface area (TPSA) is 65.7 Å². The molecule has 0 bridgehead atoms. The van der Waals surface area contributed by atoms with Crippen LogP contribution in [0.2, 0.25) is 0 Å². The van der Waals surface area contributed by atoms with E-state index in [-0.39, 0.29) is 11.3 Å². The molecule has 0 aliphatic heterocycles. The minimum atomic E-state index is -0.728. The average molecular weight is 300 g/mol. The van der Waals surface area contributed by atoms with Crippen molar-refractivity contribution in [3.63, 3.8) is 0 Å². The highest BCUT2D eigenvalue weighted by Gasteiger charge is 2.30. The highest BCUT2D eigenvalue weighted by Crippen LogP contribution is 2.34. The van der Waals surface area contributed by atoms with Gasteiger partial charge in [-0.3, -0.25) is 0 Å². The van der Waals surface area contributed by atoms with E-state index in [0.717, 1.165) is 5.56 Å². The van der Waals surface area contributed by atoms with Gasteiger partial charge in [0.2, 0.25) is 5.76 Å². The van der Waals surface area contributed by atoms with E-state index < -0.39 is 11.9 Å². The fraction of sp³-hybridized carbons (Fsp3) is 0.176. The molecule has 22 heavy (non-hydrogen) atoms. The van der Waals surface area contributed by atoms with Crippen molar-refractivity contribution in [1.29, 1.82) is 0 Å². The van der Waals surface area contributed by atoms with Gasteiger partial charge in [-0.05, 0) is 18.6 Å². The highest BCUT2D eigenvalue weighted by molar-refractivity contribution is 6.07. The Kier molecular flexibility index (Phi) is 4.78. The molecule has 2 rings (SSSR count). The summed E-state index contributed by atoms with van der Waals surface area (Å²) in [6.45, 7) is 1.81. The molecule has 0 spiro atoms. The maximum absolute atomic E-state index is 12.2. The number of benzene rings is 1. The molecule has 0 saturated carbocycles. The summed E-state index contributed by atoms with van der Waals surface area (Å²) in [6, 6.07) is 9.18. The molecule has 0 saturated heterocycles.